The number of nitrogens with zero attached hydrogens (tertiary/aromatic N) is 1. The molecule has 30 heavy (non-hydrogen) atoms. The molecule has 4 rings (SSSR count). The summed E-state index contributed by atoms with van der Waals surface area (Å²) in [6.45, 7) is 0. The van der Waals surface area contributed by atoms with Crippen LogP contribution in [0.3, 0.4) is 0 Å². The molecule has 2 nitrogen and oxygen atoms in total. The maximum Gasteiger partial charge on any atom is 0.103 e. The van der Waals surface area contributed by atoms with Crippen molar-refractivity contribution in [3.8, 4) is 0 Å². The standard InChI is InChI=1S/C28H29NO/c1(2-10-17-28-18-11-23-30-28)5-12-24-19-21-27(22-20-24)29(25-13-6-3-7-14-25)26-15-8-4-9-16-26/h3-4,6-9,11,13-16,18-23H,1-2,5,10,12,17H2. The minimum atomic E-state index is 1.05. The first-order valence-electron chi connectivity index (χ1n) is 10.9. The normalized spacial score (nSPS) is 10.8. The fourth-order valence-electron chi connectivity index (χ4n) is 3.85. The van der Waals surface area contributed by atoms with Gasteiger partial charge >= 0.3 is 0 Å². The van der Waals surface area contributed by atoms with E-state index in [-0.39, 0.29) is 0 Å². The van der Waals surface area contributed by atoms with E-state index in [1.165, 1.54) is 48.3 Å². The van der Waals surface area contributed by atoms with Gasteiger partial charge < -0.3 is 9.32 Å². The van der Waals surface area contributed by atoms with Crippen LogP contribution < -0.4 is 4.90 Å². The van der Waals surface area contributed by atoms with Crippen LogP contribution in [0.4, 0.5) is 17.1 Å². The van der Waals surface area contributed by atoms with Gasteiger partial charge in [-0.25, -0.2) is 0 Å². The van der Waals surface area contributed by atoms with Crippen LogP contribution in [-0.4, -0.2) is 0 Å². The molecule has 1 heterocycles. The van der Waals surface area contributed by atoms with Crippen molar-refractivity contribution in [1.29, 1.82) is 0 Å². The molecule has 0 spiro atoms. The zero-order valence-corrected chi connectivity index (χ0v) is 17.4. The molecule has 0 aliphatic heterocycles. The highest BCUT2D eigenvalue weighted by Crippen LogP contribution is 2.34. The molecule has 2 heteroatoms. The molecule has 0 aliphatic carbocycles. The third-order valence-electron chi connectivity index (χ3n) is 5.44. The van der Waals surface area contributed by atoms with E-state index < -0.39 is 0 Å². The second kappa shape index (κ2) is 10.5. The van der Waals surface area contributed by atoms with Gasteiger partial charge in [-0.15, -0.1) is 0 Å². The lowest BCUT2D eigenvalue weighted by molar-refractivity contribution is 0.493. The summed E-state index contributed by atoms with van der Waals surface area (Å²) in [6, 6.07) is 34.2. The van der Waals surface area contributed by atoms with Crippen LogP contribution in [0.1, 0.15) is 37.0 Å². The summed E-state index contributed by atoms with van der Waals surface area (Å²) >= 11 is 0. The lowest BCUT2D eigenvalue weighted by Gasteiger charge is -2.25. The average molecular weight is 396 g/mol. The highest BCUT2D eigenvalue weighted by atomic mass is 16.3. The number of hydrogen-bond acceptors (Lipinski definition) is 2. The van der Waals surface area contributed by atoms with Crippen LogP contribution in [-0.2, 0) is 12.8 Å². The number of rotatable bonds is 10. The number of aryl methyl sites for hydroxylation is 2. The zero-order chi connectivity index (χ0) is 20.4. The van der Waals surface area contributed by atoms with E-state index in [2.05, 4.69) is 95.9 Å². The molecule has 1 aromatic heterocycles. The predicted molar refractivity (Wildman–Crippen MR) is 126 cm³/mol. The Morgan fingerprint density at radius 2 is 1.07 bits per heavy atom. The molecule has 0 aliphatic rings. The molecule has 3 aromatic carbocycles. The highest BCUT2D eigenvalue weighted by molar-refractivity contribution is 5.76. The number of para-hydroxylation sites is 2. The summed E-state index contributed by atoms with van der Waals surface area (Å²) in [5.41, 5.74) is 4.95. The first-order chi connectivity index (χ1) is 14.9. The monoisotopic (exact) mass is 395 g/mol. The van der Waals surface area contributed by atoms with Gasteiger partial charge in [-0.05, 0) is 73.4 Å². The van der Waals surface area contributed by atoms with Crippen LogP contribution in [0.5, 0.6) is 0 Å². The highest BCUT2D eigenvalue weighted by Gasteiger charge is 2.11. The quantitative estimate of drug-likeness (QED) is 0.252. The van der Waals surface area contributed by atoms with Crippen molar-refractivity contribution in [2.24, 2.45) is 0 Å². The van der Waals surface area contributed by atoms with Gasteiger partial charge in [0.15, 0.2) is 0 Å². The summed E-state index contributed by atoms with van der Waals surface area (Å²) in [6.07, 6.45) is 8.91. The molecule has 4 aromatic rings. The van der Waals surface area contributed by atoms with E-state index in [1.807, 2.05) is 6.07 Å². The van der Waals surface area contributed by atoms with Crippen molar-refractivity contribution in [3.05, 3.63) is 115 Å². The maximum atomic E-state index is 5.40. The molecule has 0 atom stereocenters. The topological polar surface area (TPSA) is 16.4 Å². The van der Waals surface area contributed by atoms with Crippen LogP contribution >= 0.6 is 0 Å². The van der Waals surface area contributed by atoms with Gasteiger partial charge in [-0.3, -0.25) is 0 Å². The van der Waals surface area contributed by atoms with E-state index in [9.17, 15) is 0 Å². The summed E-state index contributed by atoms with van der Waals surface area (Å²) in [4.78, 5) is 2.30. The van der Waals surface area contributed by atoms with E-state index in [1.54, 1.807) is 6.26 Å². The van der Waals surface area contributed by atoms with Gasteiger partial charge in [0.2, 0.25) is 0 Å². The fourth-order valence-corrected chi connectivity index (χ4v) is 3.85. The van der Waals surface area contributed by atoms with Crippen molar-refractivity contribution in [2.45, 2.75) is 38.5 Å². The molecule has 0 saturated heterocycles. The molecular weight excluding hydrogens is 366 g/mol. The summed E-state index contributed by atoms with van der Waals surface area (Å²) in [7, 11) is 0. The molecule has 0 radical (unpaired) electrons. The molecule has 152 valence electrons. The largest absolute Gasteiger partial charge is 0.469 e. The van der Waals surface area contributed by atoms with E-state index in [0.29, 0.717) is 0 Å². The van der Waals surface area contributed by atoms with Crippen LogP contribution in [0.25, 0.3) is 0 Å². The first-order valence-corrected chi connectivity index (χ1v) is 10.9. The SMILES string of the molecule is c1ccc(N(c2ccccc2)c2ccc(CCCCCCc3ccco3)cc2)cc1. The second-order valence-electron chi connectivity index (χ2n) is 7.67. The zero-order valence-electron chi connectivity index (χ0n) is 17.4. The Bertz CT molecular complexity index is 937. The Morgan fingerprint density at radius 1 is 0.500 bits per heavy atom. The molecular formula is C28H29NO. The van der Waals surface area contributed by atoms with Crippen molar-refractivity contribution >= 4 is 17.1 Å². The van der Waals surface area contributed by atoms with E-state index in [4.69, 9.17) is 4.42 Å². The number of unbranched alkanes of at least 4 members (excludes halogenated alkanes) is 3. The number of benzene rings is 3. The van der Waals surface area contributed by atoms with E-state index >= 15 is 0 Å². The van der Waals surface area contributed by atoms with Crippen LogP contribution in [0, 0.1) is 0 Å². The smallest absolute Gasteiger partial charge is 0.103 e. The predicted octanol–water partition coefficient (Wildman–Crippen LogP) is 8.10. The Hall–Kier alpha value is -3.26. The lowest BCUT2D eigenvalue weighted by Crippen LogP contribution is -2.09. The molecule has 0 unspecified atom stereocenters. The van der Waals surface area contributed by atoms with Crippen LogP contribution in [0.15, 0.2) is 108 Å². The average Bonchev–Trinajstić information content (AvgIpc) is 3.32. The van der Waals surface area contributed by atoms with Gasteiger partial charge in [0.25, 0.3) is 0 Å². The van der Waals surface area contributed by atoms with Gasteiger partial charge in [0, 0.05) is 23.5 Å². The summed E-state index contributed by atoms with van der Waals surface area (Å²) in [5, 5.41) is 0. The fraction of sp³-hybridized carbons (Fsp3) is 0.214. The molecule has 0 bridgehead atoms. The Labute approximate surface area is 179 Å². The van der Waals surface area contributed by atoms with Gasteiger partial charge in [0.05, 0.1) is 6.26 Å². The Balaban J connectivity index is 1.34. The first kappa shape index (κ1) is 20.0. The van der Waals surface area contributed by atoms with Crippen molar-refractivity contribution in [2.75, 3.05) is 4.90 Å². The number of furan rings is 1. The summed E-state index contributed by atoms with van der Waals surface area (Å²) in [5.74, 6) is 1.10. The van der Waals surface area contributed by atoms with Crippen molar-refractivity contribution in [3.63, 3.8) is 0 Å². The van der Waals surface area contributed by atoms with Gasteiger partial charge in [0.1, 0.15) is 5.76 Å². The lowest BCUT2D eigenvalue weighted by atomic mass is 10.0. The molecule has 0 saturated carbocycles. The third-order valence-corrected chi connectivity index (χ3v) is 5.44. The molecule has 0 amide bonds. The van der Waals surface area contributed by atoms with Gasteiger partial charge in [-0.1, -0.05) is 61.4 Å². The minimum Gasteiger partial charge on any atom is -0.469 e. The number of anilines is 3. The number of hydrogen-bond donors (Lipinski definition) is 0. The van der Waals surface area contributed by atoms with Gasteiger partial charge in [-0.2, -0.15) is 0 Å². The Kier molecular flexibility index (Phi) is 7.01. The van der Waals surface area contributed by atoms with E-state index in [0.717, 1.165) is 18.6 Å². The summed E-state index contributed by atoms with van der Waals surface area (Å²) < 4.78 is 5.40. The van der Waals surface area contributed by atoms with Crippen molar-refractivity contribution in [1.82, 2.24) is 0 Å². The molecule has 0 N–H and O–H groups in total. The molecule has 0 fully saturated rings. The Morgan fingerprint density at radius 3 is 1.63 bits per heavy atom. The second-order valence-corrected chi connectivity index (χ2v) is 7.67. The van der Waals surface area contributed by atoms with Crippen molar-refractivity contribution < 1.29 is 4.42 Å². The third kappa shape index (κ3) is 5.42. The maximum absolute atomic E-state index is 5.40. The minimum absolute atomic E-state index is 1.05. The van der Waals surface area contributed by atoms with Crippen LogP contribution in [0.2, 0.25) is 0 Å².